The molecule has 25 heavy (non-hydrogen) atoms. The van der Waals surface area contributed by atoms with Crippen LogP contribution in [0.15, 0.2) is 89.8 Å². The molecule has 0 aliphatic rings. The molecule has 0 spiro atoms. The fourth-order valence-electron chi connectivity index (χ4n) is 2.79. The third kappa shape index (κ3) is 4.44. The average Bonchev–Trinajstić information content (AvgIpc) is 2.67. The first-order valence-electron chi connectivity index (χ1n) is 8.49. The third-order valence-corrected chi connectivity index (χ3v) is 5.88. The zero-order chi connectivity index (χ0) is 17.6. The van der Waals surface area contributed by atoms with Gasteiger partial charge in [-0.2, -0.15) is 0 Å². The molecular weight excluding hydrogens is 326 g/mol. The summed E-state index contributed by atoms with van der Waals surface area (Å²) in [4.78, 5) is 0.837. The fraction of sp³-hybridized carbons (Fsp3) is 0.182. The average molecular weight is 349 g/mol. The van der Waals surface area contributed by atoms with Crippen LogP contribution in [0.2, 0.25) is 0 Å². The van der Waals surface area contributed by atoms with E-state index in [1.807, 2.05) is 67.6 Å². The molecule has 0 saturated heterocycles. The molecule has 0 aliphatic heterocycles. The number of hydrogen-bond donors (Lipinski definition) is 0. The summed E-state index contributed by atoms with van der Waals surface area (Å²) in [7, 11) is -1.23. The van der Waals surface area contributed by atoms with Crippen molar-refractivity contribution in [1.29, 1.82) is 0 Å². The standard InChI is InChI=1S/C22H23NOS/c1-18-13-15-22(16-14-18)25(24)23(17-20-9-5-3-6-10-20)19(2)21-11-7-4-8-12-21/h3-16,19H,17H2,1-2H3/t19-,25?/m1/s1. The van der Waals surface area contributed by atoms with Gasteiger partial charge in [0.15, 0.2) is 0 Å². The van der Waals surface area contributed by atoms with Gasteiger partial charge in [0.1, 0.15) is 11.0 Å². The van der Waals surface area contributed by atoms with Crippen LogP contribution >= 0.6 is 0 Å². The highest BCUT2D eigenvalue weighted by Gasteiger charge is 2.23. The van der Waals surface area contributed by atoms with Crippen LogP contribution in [0.3, 0.4) is 0 Å². The third-order valence-electron chi connectivity index (χ3n) is 4.33. The number of hydrogen-bond acceptors (Lipinski definition) is 1. The van der Waals surface area contributed by atoms with Gasteiger partial charge >= 0.3 is 0 Å². The lowest BCUT2D eigenvalue weighted by atomic mass is 10.1. The van der Waals surface area contributed by atoms with Crippen LogP contribution < -0.4 is 0 Å². The van der Waals surface area contributed by atoms with Crippen molar-refractivity contribution in [2.75, 3.05) is 0 Å². The molecule has 128 valence electrons. The van der Waals surface area contributed by atoms with Crippen LogP contribution in [0.25, 0.3) is 0 Å². The van der Waals surface area contributed by atoms with Gasteiger partial charge in [-0.3, -0.25) is 0 Å². The number of rotatable bonds is 6. The van der Waals surface area contributed by atoms with E-state index in [0.717, 1.165) is 10.5 Å². The summed E-state index contributed by atoms with van der Waals surface area (Å²) in [5, 5.41) is 0. The lowest BCUT2D eigenvalue weighted by Gasteiger charge is -2.28. The minimum atomic E-state index is -1.23. The van der Waals surface area contributed by atoms with Crippen molar-refractivity contribution < 1.29 is 4.21 Å². The summed E-state index contributed by atoms with van der Waals surface area (Å²) in [6, 6.07) is 28.5. The van der Waals surface area contributed by atoms with Gasteiger partial charge in [-0.1, -0.05) is 78.4 Å². The summed E-state index contributed by atoms with van der Waals surface area (Å²) in [5.74, 6) is 0. The Morgan fingerprint density at radius 1 is 0.840 bits per heavy atom. The molecule has 0 bridgehead atoms. The highest BCUT2D eigenvalue weighted by molar-refractivity contribution is 7.82. The molecule has 3 heteroatoms. The van der Waals surface area contributed by atoms with Crippen LogP contribution in [-0.2, 0) is 17.5 Å². The van der Waals surface area contributed by atoms with Crippen LogP contribution in [-0.4, -0.2) is 8.51 Å². The summed E-state index contributed by atoms with van der Waals surface area (Å²) in [6.07, 6.45) is 0. The van der Waals surface area contributed by atoms with Gasteiger partial charge in [0.05, 0.1) is 4.90 Å². The van der Waals surface area contributed by atoms with E-state index in [2.05, 4.69) is 35.5 Å². The van der Waals surface area contributed by atoms with Gasteiger partial charge in [0.2, 0.25) is 0 Å². The lowest BCUT2D eigenvalue weighted by Crippen LogP contribution is -2.29. The lowest BCUT2D eigenvalue weighted by molar-refractivity contribution is 0.358. The van der Waals surface area contributed by atoms with Crippen molar-refractivity contribution in [2.45, 2.75) is 31.3 Å². The molecule has 0 saturated carbocycles. The molecule has 0 aliphatic carbocycles. The second-order valence-corrected chi connectivity index (χ2v) is 7.65. The van der Waals surface area contributed by atoms with E-state index in [0.29, 0.717) is 6.54 Å². The summed E-state index contributed by atoms with van der Waals surface area (Å²) in [5.41, 5.74) is 3.50. The smallest absolute Gasteiger partial charge is 0.128 e. The van der Waals surface area contributed by atoms with Gasteiger partial charge in [-0.05, 0) is 37.1 Å². The van der Waals surface area contributed by atoms with E-state index >= 15 is 0 Å². The van der Waals surface area contributed by atoms with Crippen LogP contribution in [0, 0.1) is 6.92 Å². The first-order valence-corrected chi connectivity index (χ1v) is 9.60. The summed E-state index contributed by atoms with van der Waals surface area (Å²) >= 11 is 0. The predicted molar refractivity (Wildman–Crippen MR) is 104 cm³/mol. The quantitative estimate of drug-likeness (QED) is 0.593. The van der Waals surface area contributed by atoms with Gasteiger partial charge in [-0.25, -0.2) is 8.51 Å². The monoisotopic (exact) mass is 349 g/mol. The van der Waals surface area contributed by atoms with E-state index in [4.69, 9.17) is 0 Å². The molecule has 0 aromatic heterocycles. The second-order valence-electron chi connectivity index (χ2n) is 6.21. The Balaban J connectivity index is 1.93. The maximum atomic E-state index is 13.3. The molecule has 2 nitrogen and oxygen atoms in total. The Labute approximate surface area is 152 Å². The molecule has 0 N–H and O–H groups in total. The van der Waals surface area contributed by atoms with Gasteiger partial charge in [0.25, 0.3) is 0 Å². The van der Waals surface area contributed by atoms with Gasteiger partial charge in [-0.15, -0.1) is 0 Å². The van der Waals surface area contributed by atoms with Crippen molar-refractivity contribution in [3.63, 3.8) is 0 Å². The van der Waals surface area contributed by atoms with E-state index in [1.165, 1.54) is 11.1 Å². The first kappa shape index (κ1) is 17.6. The maximum Gasteiger partial charge on any atom is 0.128 e. The summed E-state index contributed by atoms with van der Waals surface area (Å²) in [6.45, 7) is 4.79. The normalized spacial score (nSPS) is 13.6. The van der Waals surface area contributed by atoms with E-state index in [9.17, 15) is 4.21 Å². The zero-order valence-corrected chi connectivity index (χ0v) is 15.4. The zero-order valence-electron chi connectivity index (χ0n) is 14.6. The Kier molecular flexibility index (Phi) is 5.79. The molecule has 0 heterocycles. The molecule has 0 amide bonds. The van der Waals surface area contributed by atoms with Crippen LogP contribution in [0.4, 0.5) is 0 Å². The minimum absolute atomic E-state index is 0.0449. The first-order chi connectivity index (χ1) is 12.1. The van der Waals surface area contributed by atoms with Crippen LogP contribution in [0.5, 0.6) is 0 Å². The SMILES string of the molecule is Cc1ccc(S(=O)N(Cc2ccccc2)[C@H](C)c2ccccc2)cc1. The van der Waals surface area contributed by atoms with E-state index < -0.39 is 11.0 Å². The largest absolute Gasteiger partial charge is 0.237 e. The molecule has 2 atom stereocenters. The Morgan fingerprint density at radius 3 is 2.00 bits per heavy atom. The van der Waals surface area contributed by atoms with E-state index in [-0.39, 0.29) is 6.04 Å². The number of nitrogens with zero attached hydrogens (tertiary/aromatic N) is 1. The molecule has 3 aromatic rings. The molecule has 3 aromatic carbocycles. The van der Waals surface area contributed by atoms with Crippen molar-refractivity contribution in [2.24, 2.45) is 0 Å². The van der Waals surface area contributed by atoms with Crippen molar-refractivity contribution in [3.05, 3.63) is 102 Å². The number of benzene rings is 3. The van der Waals surface area contributed by atoms with Gasteiger partial charge < -0.3 is 0 Å². The Bertz CT molecular complexity index is 816. The summed E-state index contributed by atoms with van der Waals surface area (Å²) < 4.78 is 15.4. The highest BCUT2D eigenvalue weighted by Crippen LogP contribution is 2.27. The Hall–Kier alpha value is -2.23. The Morgan fingerprint density at radius 2 is 1.40 bits per heavy atom. The topological polar surface area (TPSA) is 20.3 Å². The second kappa shape index (κ2) is 8.24. The van der Waals surface area contributed by atoms with Crippen molar-refractivity contribution in [1.82, 2.24) is 4.31 Å². The fourth-order valence-corrected chi connectivity index (χ4v) is 4.11. The molecule has 0 radical (unpaired) electrons. The number of aryl methyl sites for hydroxylation is 1. The highest BCUT2D eigenvalue weighted by atomic mass is 32.2. The molecule has 0 fully saturated rings. The maximum absolute atomic E-state index is 13.3. The molecule has 3 rings (SSSR count). The molecular formula is C22H23NOS. The molecule has 1 unspecified atom stereocenters. The van der Waals surface area contributed by atoms with Crippen molar-refractivity contribution in [3.8, 4) is 0 Å². The van der Waals surface area contributed by atoms with Gasteiger partial charge in [0, 0.05) is 12.6 Å². The predicted octanol–water partition coefficient (Wildman–Crippen LogP) is 5.28. The minimum Gasteiger partial charge on any atom is -0.237 e. The van der Waals surface area contributed by atoms with Crippen LogP contribution in [0.1, 0.15) is 29.7 Å². The van der Waals surface area contributed by atoms with Crippen molar-refractivity contribution >= 4 is 11.0 Å². The van der Waals surface area contributed by atoms with E-state index in [1.54, 1.807) is 0 Å².